The molecule has 1 aliphatic carbocycles. The molecule has 5 rings (SSSR count). The molecule has 3 aromatic rings. The van der Waals surface area contributed by atoms with Crippen LogP contribution in [-0.4, -0.2) is 67.8 Å². The van der Waals surface area contributed by atoms with Crippen LogP contribution in [0.5, 0.6) is 5.88 Å². The topological polar surface area (TPSA) is 98.3 Å². The molecule has 0 unspecified atom stereocenters. The number of halogens is 1. The van der Waals surface area contributed by atoms with Crippen LogP contribution in [0.4, 0.5) is 4.39 Å². The number of aryl methyl sites for hydroxylation is 1. The maximum absolute atomic E-state index is 14.1. The Morgan fingerprint density at radius 1 is 1.21 bits per heavy atom. The highest BCUT2D eigenvalue weighted by Gasteiger charge is 2.50. The van der Waals surface area contributed by atoms with E-state index < -0.39 is 5.82 Å². The van der Waals surface area contributed by atoms with Crippen LogP contribution in [0.25, 0.3) is 16.9 Å². The molecule has 1 amide bonds. The van der Waals surface area contributed by atoms with Crippen molar-refractivity contribution in [3.8, 4) is 28.9 Å². The molecule has 1 saturated heterocycles. The largest absolute Gasteiger partial charge is 0.493 e. The monoisotopic (exact) mass is 446 g/mol. The zero-order valence-electron chi connectivity index (χ0n) is 18.4. The Morgan fingerprint density at radius 3 is 2.67 bits per heavy atom. The van der Waals surface area contributed by atoms with Gasteiger partial charge < -0.3 is 10.0 Å². The van der Waals surface area contributed by atoms with E-state index in [0.717, 1.165) is 25.9 Å². The summed E-state index contributed by atoms with van der Waals surface area (Å²) in [7, 11) is 2.11. The number of benzene rings is 1. The molecule has 1 saturated carbocycles. The normalized spacial score (nSPS) is 17.2. The maximum Gasteiger partial charge on any atom is 0.255 e. The number of nitrogens with zero attached hydrogens (tertiary/aromatic N) is 6. The zero-order valence-corrected chi connectivity index (χ0v) is 18.4. The molecule has 33 heavy (non-hydrogen) atoms. The Labute approximate surface area is 190 Å². The van der Waals surface area contributed by atoms with Gasteiger partial charge in [-0.3, -0.25) is 9.69 Å². The summed E-state index contributed by atoms with van der Waals surface area (Å²) in [6.45, 7) is 4.00. The van der Waals surface area contributed by atoms with Crippen molar-refractivity contribution in [2.75, 3.05) is 26.7 Å². The predicted molar refractivity (Wildman–Crippen MR) is 118 cm³/mol. The van der Waals surface area contributed by atoms with Crippen LogP contribution in [0.1, 0.15) is 34.3 Å². The minimum absolute atomic E-state index is 0.0533. The molecular weight excluding hydrogens is 423 g/mol. The maximum atomic E-state index is 14.1. The van der Waals surface area contributed by atoms with Gasteiger partial charge in [-0.05, 0) is 62.2 Å². The molecule has 8 nitrogen and oxygen atoms in total. The van der Waals surface area contributed by atoms with Crippen LogP contribution in [0.3, 0.4) is 0 Å². The molecule has 1 aromatic carbocycles. The van der Waals surface area contributed by atoms with Crippen molar-refractivity contribution < 1.29 is 14.3 Å². The van der Waals surface area contributed by atoms with E-state index in [1.807, 2.05) is 4.90 Å². The minimum atomic E-state index is -0.664. The first-order chi connectivity index (χ1) is 15.8. The highest BCUT2D eigenvalue weighted by molar-refractivity contribution is 5.94. The number of hydrogen-bond acceptors (Lipinski definition) is 6. The van der Waals surface area contributed by atoms with Crippen molar-refractivity contribution >= 4 is 5.91 Å². The van der Waals surface area contributed by atoms with Gasteiger partial charge in [0.15, 0.2) is 5.82 Å². The van der Waals surface area contributed by atoms with Gasteiger partial charge in [-0.1, -0.05) is 0 Å². The molecule has 0 bridgehead atoms. The third-order valence-electron chi connectivity index (χ3n) is 6.79. The van der Waals surface area contributed by atoms with Gasteiger partial charge in [0, 0.05) is 31.4 Å². The number of aromatic hydroxyl groups is 1. The van der Waals surface area contributed by atoms with Gasteiger partial charge in [0.2, 0.25) is 5.88 Å². The Kier molecular flexibility index (Phi) is 4.91. The van der Waals surface area contributed by atoms with Crippen molar-refractivity contribution in [3.63, 3.8) is 0 Å². The number of carbonyl (C=O) groups excluding carboxylic acids is 1. The summed E-state index contributed by atoms with van der Waals surface area (Å²) in [4.78, 5) is 21.5. The van der Waals surface area contributed by atoms with Gasteiger partial charge >= 0.3 is 0 Å². The average Bonchev–Trinajstić information content (AvgIpc) is 3.50. The Balaban J connectivity index is 1.39. The fourth-order valence-electron chi connectivity index (χ4n) is 4.50. The SMILES string of the molecule is Cc1cc(C#N)c(F)cc1-c1cnn(-c2ccc(C(=O)N3CCN(C)C4(CC4)C3)cn2)c1O. The lowest BCUT2D eigenvalue weighted by molar-refractivity contribution is 0.0497. The van der Waals surface area contributed by atoms with Crippen LogP contribution in [0, 0.1) is 24.1 Å². The summed E-state index contributed by atoms with van der Waals surface area (Å²) in [6, 6.07) is 7.76. The molecule has 0 atom stereocenters. The Bertz CT molecular complexity index is 1290. The second-order valence-electron chi connectivity index (χ2n) is 8.83. The number of likely N-dealkylation sites (N-methyl/N-ethyl adjacent to an activating group) is 1. The summed E-state index contributed by atoms with van der Waals surface area (Å²) in [5.41, 5.74) is 1.96. The lowest BCUT2D eigenvalue weighted by Gasteiger charge is -2.40. The Hall–Kier alpha value is -3.77. The summed E-state index contributed by atoms with van der Waals surface area (Å²) >= 11 is 0. The third kappa shape index (κ3) is 3.52. The van der Waals surface area contributed by atoms with Gasteiger partial charge in [-0.15, -0.1) is 0 Å². The number of carbonyl (C=O) groups is 1. The molecule has 2 fully saturated rings. The van der Waals surface area contributed by atoms with E-state index in [2.05, 4.69) is 22.0 Å². The molecule has 2 aromatic heterocycles. The second kappa shape index (κ2) is 7.67. The van der Waals surface area contributed by atoms with E-state index in [1.54, 1.807) is 25.1 Å². The highest BCUT2D eigenvalue weighted by Crippen LogP contribution is 2.43. The van der Waals surface area contributed by atoms with Gasteiger partial charge in [0.25, 0.3) is 5.91 Å². The quantitative estimate of drug-likeness (QED) is 0.664. The lowest BCUT2D eigenvalue weighted by atomic mass is 10.0. The van der Waals surface area contributed by atoms with E-state index in [0.29, 0.717) is 34.6 Å². The average molecular weight is 446 g/mol. The first-order valence-electron chi connectivity index (χ1n) is 10.8. The molecule has 9 heteroatoms. The molecule has 1 N–H and O–H groups in total. The minimum Gasteiger partial charge on any atom is -0.493 e. The van der Waals surface area contributed by atoms with Gasteiger partial charge in [-0.25, -0.2) is 9.37 Å². The third-order valence-corrected chi connectivity index (χ3v) is 6.79. The van der Waals surface area contributed by atoms with Crippen molar-refractivity contribution in [3.05, 3.63) is 59.2 Å². The number of pyridine rings is 1. The molecule has 1 aliphatic heterocycles. The first kappa shape index (κ1) is 21.1. The lowest BCUT2D eigenvalue weighted by Crippen LogP contribution is -2.54. The van der Waals surface area contributed by atoms with Gasteiger partial charge in [-0.2, -0.15) is 15.0 Å². The van der Waals surface area contributed by atoms with Crippen LogP contribution < -0.4 is 0 Å². The zero-order chi connectivity index (χ0) is 23.3. The van der Waals surface area contributed by atoms with Gasteiger partial charge in [0.05, 0.1) is 22.9 Å². The van der Waals surface area contributed by atoms with Crippen molar-refractivity contribution in [1.82, 2.24) is 24.6 Å². The molecular formula is C24H23FN6O2. The van der Waals surface area contributed by atoms with Crippen LogP contribution in [0.15, 0.2) is 36.7 Å². The number of rotatable bonds is 3. The van der Waals surface area contributed by atoms with Crippen LogP contribution in [-0.2, 0) is 0 Å². The smallest absolute Gasteiger partial charge is 0.255 e. The van der Waals surface area contributed by atoms with E-state index in [1.165, 1.54) is 29.2 Å². The van der Waals surface area contributed by atoms with Crippen molar-refractivity contribution in [2.45, 2.75) is 25.3 Å². The predicted octanol–water partition coefficient (Wildman–Crippen LogP) is 2.88. The fourth-order valence-corrected chi connectivity index (χ4v) is 4.50. The summed E-state index contributed by atoms with van der Waals surface area (Å²) in [5, 5.41) is 23.9. The summed E-state index contributed by atoms with van der Waals surface area (Å²) in [5.74, 6) is -0.590. The molecule has 168 valence electrons. The summed E-state index contributed by atoms with van der Waals surface area (Å²) < 4.78 is 15.4. The molecule has 0 radical (unpaired) electrons. The van der Waals surface area contributed by atoms with Crippen molar-refractivity contribution in [2.24, 2.45) is 0 Å². The van der Waals surface area contributed by atoms with E-state index in [4.69, 9.17) is 5.26 Å². The molecule has 3 heterocycles. The fraction of sp³-hybridized carbons (Fsp3) is 0.333. The number of amides is 1. The van der Waals surface area contributed by atoms with E-state index in [9.17, 15) is 14.3 Å². The summed E-state index contributed by atoms with van der Waals surface area (Å²) in [6.07, 6.45) is 5.15. The number of aromatic nitrogens is 3. The second-order valence-corrected chi connectivity index (χ2v) is 8.83. The van der Waals surface area contributed by atoms with E-state index in [-0.39, 0.29) is 22.9 Å². The van der Waals surface area contributed by atoms with Crippen LogP contribution >= 0.6 is 0 Å². The number of nitriles is 1. The van der Waals surface area contributed by atoms with Crippen molar-refractivity contribution in [1.29, 1.82) is 5.26 Å². The Morgan fingerprint density at radius 2 is 2.00 bits per heavy atom. The highest BCUT2D eigenvalue weighted by atomic mass is 19.1. The number of piperazine rings is 1. The first-order valence-corrected chi connectivity index (χ1v) is 10.8. The number of hydrogen-bond donors (Lipinski definition) is 1. The standard InChI is InChI=1S/C24H23FN6O2/c1-15-9-17(11-26)20(25)10-18(15)19-13-28-31(23(19)33)21-4-3-16(12-27-21)22(32)30-8-7-29(2)24(14-30)5-6-24/h3-4,9-10,12-13,33H,5-8,14H2,1-2H3. The van der Waals surface area contributed by atoms with Gasteiger partial charge in [0.1, 0.15) is 11.9 Å². The van der Waals surface area contributed by atoms with E-state index >= 15 is 0 Å². The van der Waals surface area contributed by atoms with Crippen LogP contribution in [0.2, 0.25) is 0 Å². The molecule has 1 spiro atoms. The molecule has 2 aliphatic rings.